The zero-order valence-corrected chi connectivity index (χ0v) is 9.90. The minimum Gasteiger partial charge on any atom is -0.368 e. The molecule has 0 bridgehead atoms. The Morgan fingerprint density at radius 3 is 3.06 bits per heavy atom. The van der Waals surface area contributed by atoms with Crippen LogP contribution in [0.5, 0.6) is 0 Å². The number of carbonyl (C=O) groups excluding carboxylic acids is 1. The highest BCUT2D eigenvalue weighted by molar-refractivity contribution is 5.86. The van der Waals surface area contributed by atoms with Gasteiger partial charge in [0, 0.05) is 33.3 Å². The van der Waals surface area contributed by atoms with Gasteiger partial charge in [-0.25, -0.2) is 9.97 Å². The van der Waals surface area contributed by atoms with Crippen LogP contribution in [-0.4, -0.2) is 34.0 Å². The molecule has 1 amide bonds. The quantitative estimate of drug-likeness (QED) is 0.807. The van der Waals surface area contributed by atoms with Gasteiger partial charge in [0.25, 0.3) is 0 Å². The van der Waals surface area contributed by atoms with Crippen LogP contribution in [0.2, 0.25) is 0 Å². The molecule has 0 aliphatic rings. The summed E-state index contributed by atoms with van der Waals surface area (Å²) in [4.78, 5) is 19.6. The third kappa shape index (κ3) is 2.35. The summed E-state index contributed by atoms with van der Waals surface area (Å²) in [6, 6.07) is 1.91. The molecule has 0 aliphatic heterocycles. The summed E-state index contributed by atoms with van der Waals surface area (Å²) in [5.41, 5.74) is 1.84. The Bertz CT molecular complexity index is 534. The summed E-state index contributed by atoms with van der Waals surface area (Å²) in [6.07, 6.45) is 3.89. The summed E-state index contributed by atoms with van der Waals surface area (Å²) in [5.74, 6) is 0.720. The predicted molar refractivity (Wildman–Crippen MR) is 65.7 cm³/mol. The summed E-state index contributed by atoms with van der Waals surface area (Å²) in [6.45, 7) is 0.544. The number of carbonyl (C=O) groups is 1. The van der Waals surface area contributed by atoms with Gasteiger partial charge in [-0.15, -0.1) is 0 Å². The highest BCUT2D eigenvalue weighted by Gasteiger charge is 2.06. The van der Waals surface area contributed by atoms with Gasteiger partial charge in [0.2, 0.25) is 5.91 Å². The Hall–Kier alpha value is -2.11. The number of anilines is 1. The maximum Gasteiger partial charge on any atom is 0.221 e. The Labute approximate surface area is 99.1 Å². The molecule has 17 heavy (non-hydrogen) atoms. The molecular weight excluding hydrogens is 218 g/mol. The van der Waals surface area contributed by atoms with E-state index in [1.54, 1.807) is 19.6 Å². The second-order valence-corrected chi connectivity index (χ2v) is 3.73. The predicted octanol–water partition coefficient (Wildman–Crippen LogP) is 0.516. The van der Waals surface area contributed by atoms with Crippen molar-refractivity contribution < 1.29 is 4.79 Å². The van der Waals surface area contributed by atoms with Gasteiger partial charge < -0.3 is 15.2 Å². The molecule has 2 rings (SSSR count). The van der Waals surface area contributed by atoms with Crippen molar-refractivity contribution in [3.63, 3.8) is 0 Å². The molecule has 90 valence electrons. The summed E-state index contributed by atoms with van der Waals surface area (Å²) >= 11 is 0. The first-order valence-corrected chi connectivity index (χ1v) is 5.43. The van der Waals surface area contributed by atoms with Gasteiger partial charge in [0.1, 0.15) is 5.52 Å². The molecule has 0 aliphatic carbocycles. The highest BCUT2D eigenvalue weighted by Crippen LogP contribution is 2.18. The number of nitrogens with zero attached hydrogens (tertiary/aromatic N) is 3. The van der Waals surface area contributed by atoms with Crippen LogP contribution in [0.4, 0.5) is 5.82 Å². The molecule has 0 radical (unpaired) electrons. The van der Waals surface area contributed by atoms with Crippen molar-refractivity contribution in [1.29, 1.82) is 0 Å². The number of pyridine rings is 1. The fourth-order valence-electron chi connectivity index (χ4n) is 1.61. The van der Waals surface area contributed by atoms with Gasteiger partial charge in [-0.1, -0.05) is 0 Å². The topological polar surface area (TPSA) is 71.8 Å². The number of imidazole rings is 1. The third-order valence-corrected chi connectivity index (χ3v) is 2.57. The Kier molecular flexibility index (Phi) is 3.22. The van der Waals surface area contributed by atoms with Gasteiger partial charge >= 0.3 is 0 Å². The fourth-order valence-corrected chi connectivity index (χ4v) is 1.61. The monoisotopic (exact) mass is 233 g/mol. The van der Waals surface area contributed by atoms with Gasteiger partial charge in [-0.05, 0) is 6.07 Å². The fraction of sp³-hybridized carbons (Fsp3) is 0.364. The average Bonchev–Trinajstić information content (AvgIpc) is 2.72. The molecule has 0 fully saturated rings. The first kappa shape index (κ1) is 11.4. The third-order valence-electron chi connectivity index (χ3n) is 2.57. The number of nitrogens with one attached hydrogen (secondary N) is 2. The van der Waals surface area contributed by atoms with Crippen LogP contribution in [0.1, 0.15) is 6.42 Å². The lowest BCUT2D eigenvalue weighted by molar-refractivity contribution is -0.120. The molecular formula is C11H15N5O. The lowest BCUT2D eigenvalue weighted by atomic mass is 10.3. The first-order valence-electron chi connectivity index (χ1n) is 5.43. The molecule has 2 heterocycles. The van der Waals surface area contributed by atoms with Crippen LogP contribution in [0, 0.1) is 0 Å². The average molecular weight is 233 g/mol. The van der Waals surface area contributed by atoms with Crippen LogP contribution >= 0.6 is 0 Å². The molecule has 6 nitrogen and oxygen atoms in total. The lowest BCUT2D eigenvalue weighted by Gasteiger charge is -2.05. The Morgan fingerprint density at radius 1 is 1.47 bits per heavy atom. The molecule has 2 aromatic rings. The van der Waals surface area contributed by atoms with Crippen LogP contribution in [0.25, 0.3) is 11.0 Å². The van der Waals surface area contributed by atoms with Crippen LogP contribution in [0.15, 0.2) is 18.6 Å². The van der Waals surface area contributed by atoms with Gasteiger partial charge in [0.15, 0.2) is 5.82 Å². The van der Waals surface area contributed by atoms with Crippen molar-refractivity contribution in [3.8, 4) is 0 Å². The SMILES string of the molecule is CNC(=O)CCNc1nccc2c1ncn2C. The second-order valence-electron chi connectivity index (χ2n) is 3.73. The number of fused-ring (bicyclic) bond motifs is 1. The van der Waals surface area contributed by atoms with Crippen molar-refractivity contribution in [1.82, 2.24) is 19.9 Å². The van der Waals surface area contributed by atoms with Crippen molar-refractivity contribution in [2.24, 2.45) is 7.05 Å². The van der Waals surface area contributed by atoms with Gasteiger partial charge in [-0.2, -0.15) is 0 Å². The van der Waals surface area contributed by atoms with E-state index in [1.807, 2.05) is 17.7 Å². The van der Waals surface area contributed by atoms with E-state index in [0.29, 0.717) is 18.8 Å². The molecule has 0 unspecified atom stereocenters. The van der Waals surface area contributed by atoms with Crippen LogP contribution in [-0.2, 0) is 11.8 Å². The molecule has 2 N–H and O–H groups in total. The van der Waals surface area contributed by atoms with E-state index in [0.717, 1.165) is 11.0 Å². The number of aryl methyl sites for hydroxylation is 1. The van der Waals surface area contributed by atoms with Gasteiger partial charge in [0.05, 0.1) is 11.8 Å². The molecule has 2 aromatic heterocycles. The molecule has 0 atom stereocenters. The van der Waals surface area contributed by atoms with Crippen LogP contribution < -0.4 is 10.6 Å². The number of hydrogen-bond acceptors (Lipinski definition) is 4. The molecule has 0 saturated heterocycles. The number of hydrogen-bond donors (Lipinski definition) is 2. The standard InChI is InChI=1S/C11H15N5O/c1-12-9(17)4-6-14-11-10-8(3-5-13-11)16(2)7-15-10/h3,5,7H,4,6H2,1-2H3,(H,12,17)(H,13,14). The van der Waals surface area contributed by atoms with E-state index < -0.39 is 0 Å². The summed E-state index contributed by atoms with van der Waals surface area (Å²) in [7, 11) is 3.56. The van der Waals surface area contributed by atoms with E-state index in [1.165, 1.54) is 0 Å². The van der Waals surface area contributed by atoms with E-state index >= 15 is 0 Å². The van der Waals surface area contributed by atoms with Crippen molar-refractivity contribution in [2.45, 2.75) is 6.42 Å². The number of amides is 1. The van der Waals surface area contributed by atoms with E-state index in [-0.39, 0.29) is 5.91 Å². The first-order chi connectivity index (χ1) is 8.22. The minimum atomic E-state index is 0.00527. The molecule has 0 spiro atoms. The molecule has 0 saturated carbocycles. The number of aromatic nitrogens is 3. The van der Waals surface area contributed by atoms with Crippen molar-refractivity contribution in [3.05, 3.63) is 18.6 Å². The Morgan fingerprint density at radius 2 is 2.29 bits per heavy atom. The minimum absolute atomic E-state index is 0.00527. The van der Waals surface area contributed by atoms with Crippen molar-refractivity contribution >= 4 is 22.8 Å². The molecule has 0 aromatic carbocycles. The van der Waals surface area contributed by atoms with Crippen molar-refractivity contribution in [2.75, 3.05) is 18.9 Å². The normalized spacial score (nSPS) is 10.5. The smallest absolute Gasteiger partial charge is 0.221 e. The highest BCUT2D eigenvalue weighted by atomic mass is 16.1. The summed E-state index contributed by atoms with van der Waals surface area (Å²) in [5, 5.41) is 5.69. The lowest BCUT2D eigenvalue weighted by Crippen LogP contribution is -2.21. The Balaban J connectivity index is 2.11. The van der Waals surface area contributed by atoms with Gasteiger partial charge in [-0.3, -0.25) is 4.79 Å². The second kappa shape index (κ2) is 4.82. The maximum absolute atomic E-state index is 11.1. The van der Waals surface area contributed by atoms with E-state index in [2.05, 4.69) is 20.6 Å². The molecule has 6 heteroatoms. The zero-order chi connectivity index (χ0) is 12.3. The largest absolute Gasteiger partial charge is 0.368 e. The van der Waals surface area contributed by atoms with E-state index in [4.69, 9.17) is 0 Å². The van der Waals surface area contributed by atoms with E-state index in [9.17, 15) is 4.79 Å². The van der Waals surface area contributed by atoms with Crippen LogP contribution in [0.3, 0.4) is 0 Å². The summed E-state index contributed by atoms with van der Waals surface area (Å²) < 4.78 is 1.93. The maximum atomic E-state index is 11.1. The zero-order valence-electron chi connectivity index (χ0n) is 9.90. The number of rotatable bonds is 4.